The number of nitrogens with zero attached hydrogens (tertiary/aromatic N) is 1. The van der Waals surface area contributed by atoms with E-state index in [0.29, 0.717) is 33.5 Å². The average Bonchev–Trinajstić information content (AvgIpc) is 2.57. The summed E-state index contributed by atoms with van der Waals surface area (Å²) in [6.45, 7) is 1.75. The molecule has 0 unspecified atom stereocenters. The number of ether oxygens (including phenoxy) is 1. The van der Waals surface area contributed by atoms with Gasteiger partial charge in [0.2, 0.25) is 0 Å². The van der Waals surface area contributed by atoms with Crippen LogP contribution < -0.4 is 10.3 Å². The summed E-state index contributed by atoms with van der Waals surface area (Å²) >= 11 is 15.7. The van der Waals surface area contributed by atoms with E-state index in [1.54, 1.807) is 31.2 Å². The first kappa shape index (κ1) is 18.0. The van der Waals surface area contributed by atoms with Gasteiger partial charge in [0.1, 0.15) is 11.5 Å². The maximum absolute atomic E-state index is 11.4. The lowest BCUT2D eigenvalue weighted by Gasteiger charge is -2.11. The minimum Gasteiger partial charge on any atom is -0.455 e. The highest BCUT2D eigenvalue weighted by Gasteiger charge is 2.10. The Balaban J connectivity index is 1.88. The lowest BCUT2D eigenvalue weighted by molar-refractivity contribution is 0.479. The molecule has 0 aliphatic heterocycles. The van der Waals surface area contributed by atoms with Gasteiger partial charge in [0.25, 0.3) is 5.56 Å². The monoisotopic (exact) mass is 438 g/mol. The van der Waals surface area contributed by atoms with Crippen molar-refractivity contribution in [1.29, 1.82) is 0 Å². The molecule has 1 aromatic heterocycles. The maximum Gasteiger partial charge on any atom is 0.267 e. The van der Waals surface area contributed by atoms with Gasteiger partial charge >= 0.3 is 0 Å². The highest BCUT2D eigenvalue weighted by molar-refractivity contribution is 9.10. The summed E-state index contributed by atoms with van der Waals surface area (Å²) in [4.78, 5) is 11.4. The SMILES string of the molecule is Cc1cc(Cc2ccc(Cl)c(Oc3cc(Cl)ccc3Br)c2)n[nH]c1=O. The van der Waals surface area contributed by atoms with E-state index in [1.807, 2.05) is 18.2 Å². The molecule has 25 heavy (non-hydrogen) atoms. The molecule has 0 spiro atoms. The van der Waals surface area contributed by atoms with E-state index in [4.69, 9.17) is 27.9 Å². The summed E-state index contributed by atoms with van der Waals surface area (Å²) in [5.41, 5.74) is 2.15. The second-order valence-electron chi connectivity index (χ2n) is 5.49. The van der Waals surface area contributed by atoms with Crippen molar-refractivity contribution in [2.45, 2.75) is 13.3 Å². The molecule has 1 N–H and O–H groups in total. The van der Waals surface area contributed by atoms with Crippen molar-refractivity contribution in [2.24, 2.45) is 0 Å². The molecule has 3 rings (SSSR count). The topological polar surface area (TPSA) is 55.0 Å². The summed E-state index contributed by atoms with van der Waals surface area (Å²) in [5, 5.41) is 7.60. The van der Waals surface area contributed by atoms with Gasteiger partial charge < -0.3 is 4.74 Å². The number of halogens is 3. The Kier molecular flexibility index (Phi) is 5.47. The van der Waals surface area contributed by atoms with Crippen LogP contribution in [0.4, 0.5) is 0 Å². The van der Waals surface area contributed by atoms with Crippen molar-refractivity contribution in [2.75, 3.05) is 0 Å². The van der Waals surface area contributed by atoms with Gasteiger partial charge in [-0.1, -0.05) is 29.3 Å². The summed E-state index contributed by atoms with van der Waals surface area (Å²) < 4.78 is 6.67. The number of aromatic nitrogens is 2. The number of hydrogen-bond donors (Lipinski definition) is 1. The molecular formula is C18H13BrCl2N2O2. The fourth-order valence-corrected chi connectivity index (χ4v) is 2.91. The molecule has 0 radical (unpaired) electrons. The zero-order valence-corrected chi connectivity index (χ0v) is 16.2. The average molecular weight is 440 g/mol. The van der Waals surface area contributed by atoms with Crippen LogP contribution in [-0.4, -0.2) is 10.2 Å². The van der Waals surface area contributed by atoms with E-state index in [2.05, 4.69) is 26.1 Å². The molecule has 0 saturated carbocycles. The molecule has 3 aromatic rings. The quantitative estimate of drug-likeness (QED) is 0.581. The molecular weight excluding hydrogens is 427 g/mol. The fraction of sp³-hybridized carbons (Fsp3) is 0.111. The smallest absolute Gasteiger partial charge is 0.267 e. The van der Waals surface area contributed by atoms with Crippen LogP contribution in [0.25, 0.3) is 0 Å². The first-order valence-corrected chi connectivity index (χ1v) is 8.94. The highest BCUT2D eigenvalue weighted by Crippen LogP contribution is 2.36. The third-order valence-electron chi connectivity index (χ3n) is 3.54. The highest BCUT2D eigenvalue weighted by atomic mass is 79.9. The van der Waals surface area contributed by atoms with E-state index >= 15 is 0 Å². The first-order valence-electron chi connectivity index (χ1n) is 7.39. The molecule has 7 heteroatoms. The van der Waals surface area contributed by atoms with Crippen molar-refractivity contribution < 1.29 is 4.74 Å². The van der Waals surface area contributed by atoms with Crippen LogP contribution in [-0.2, 0) is 6.42 Å². The van der Waals surface area contributed by atoms with E-state index < -0.39 is 0 Å². The third-order valence-corrected chi connectivity index (χ3v) is 4.74. The van der Waals surface area contributed by atoms with Crippen LogP contribution in [0.2, 0.25) is 10.0 Å². The van der Waals surface area contributed by atoms with Crippen LogP contribution in [0.3, 0.4) is 0 Å². The van der Waals surface area contributed by atoms with Crippen LogP contribution in [0.1, 0.15) is 16.8 Å². The molecule has 0 amide bonds. The van der Waals surface area contributed by atoms with E-state index in [1.165, 1.54) is 0 Å². The lowest BCUT2D eigenvalue weighted by Crippen LogP contribution is -2.12. The number of benzene rings is 2. The molecule has 1 heterocycles. The minimum atomic E-state index is -0.185. The predicted molar refractivity (Wildman–Crippen MR) is 103 cm³/mol. The number of aromatic amines is 1. The Labute approximate surface area is 162 Å². The summed E-state index contributed by atoms with van der Waals surface area (Å²) in [7, 11) is 0. The number of aryl methyl sites for hydroxylation is 1. The van der Waals surface area contributed by atoms with Crippen LogP contribution >= 0.6 is 39.1 Å². The van der Waals surface area contributed by atoms with E-state index in [9.17, 15) is 4.79 Å². The van der Waals surface area contributed by atoms with E-state index in [-0.39, 0.29) is 5.56 Å². The molecule has 0 bridgehead atoms. The molecule has 128 valence electrons. The van der Waals surface area contributed by atoms with Crippen LogP contribution in [0, 0.1) is 6.92 Å². The summed E-state index contributed by atoms with van der Waals surface area (Å²) in [5.74, 6) is 1.09. The van der Waals surface area contributed by atoms with Gasteiger partial charge in [0.05, 0.1) is 15.2 Å². The summed E-state index contributed by atoms with van der Waals surface area (Å²) in [6.07, 6.45) is 0.544. The van der Waals surface area contributed by atoms with Gasteiger partial charge in [-0.3, -0.25) is 4.79 Å². The molecule has 2 aromatic carbocycles. The second-order valence-corrected chi connectivity index (χ2v) is 7.19. The minimum absolute atomic E-state index is 0.185. The van der Waals surface area contributed by atoms with E-state index in [0.717, 1.165) is 15.7 Å². The van der Waals surface area contributed by atoms with Gasteiger partial charge in [-0.25, -0.2) is 5.10 Å². The molecule has 0 aliphatic carbocycles. The Morgan fingerprint density at radius 1 is 1.12 bits per heavy atom. The van der Waals surface area contributed by atoms with Crippen LogP contribution in [0.15, 0.2) is 51.7 Å². The van der Waals surface area contributed by atoms with Gasteiger partial charge in [0, 0.05) is 23.1 Å². The summed E-state index contributed by atoms with van der Waals surface area (Å²) in [6, 6.07) is 12.6. The van der Waals surface area contributed by atoms with Crippen molar-refractivity contribution in [3.05, 3.63) is 84.2 Å². The predicted octanol–water partition coefficient (Wildman–Crippen LogP) is 5.53. The lowest BCUT2D eigenvalue weighted by atomic mass is 10.1. The Bertz CT molecular complexity index is 989. The fourth-order valence-electron chi connectivity index (χ4n) is 2.27. The zero-order valence-electron chi connectivity index (χ0n) is 13.1. The maximum atomic E-state index is 11.4. The number of rotatable bonds is 4. The Morgan fingerprint density at radius 3 is 2.68 bits per heavy atom. The third kappa shape index (κ3) is 4.42. The molecule has 4 nitrogen and oxygen atoms in total. The molecule has 0 aliphatic rings. The van der Waals surface area contributed by atoms with Crippen molar-refractivity contribution >= 4 is 39.1 Å². The number of hydrogen-bond acceptors (Lipinski definition) is 3. The van der Waals surface area contributed by atoms with Gasteiger partial charge in [-0.05, 0) is 58.7 Å². The van der Waals surface area contributed by atoms with Gasteiger partial charge in [-0.15, -0.1) is 0 Å². The van der Waals surface area contributed by atoms with Gasteiger partial charge in [-0.2, -0.15) is 5.10 Å². The normalized spacial score (nSPS) is 10.7. The standard InChI is InChI=1S/C18H13BrCl2N2O2/c1-10-6-13(22-23-18(10)24)7-11-2-5-15(21)17(8-11)25-16-9-12(20)3-4-14(16)19/h2-6,8-9H,7H2,1H3,(H,23,24). The van der Waals surface area contributed by atoms with Crippen molar-refractivity contribution in [3.8, 4) is 11.5 Å². The largest absolute Gasteiger partial charge is 0.455 e. The Morgan fingerprint density at radius 2 is 1.92 bits per heavy atom. The molecule has 0 atom stereocenters. The first-order chi connectivity index (χ1) is 11.9. The van der Waals surface area contributed by atoms with Crippen molar-refractivity contribution in [1.82, 2.24) is 10.2 Å². The molecule has 0 fully saturated rings. The number of nitrogens with one attached hydrogen (secondary N) is 1. The van der Waals surface area contributed by atoms with Crippen molar-refractivity contribution in [3.63, 3.8) is 0 Å². The van der Waals surface area contributed by atoms with Gasteiger partial charge in [0.15, 0.2) is 0 Å². The number of H-pyrrole nitrogens is 1. The van der Waals surface area contributed by atoms with Crippen LogP contribution in [0.5, 0.6) is 11.5 Å². The molecule has 0 saturated heterocycles. The second kappa shape index (κ2) is 7.60. The Hall–Kier alpha value is -1.82. The zero-order chi connectivity index (χ0) is 18.0.